The quantitative estimate of drug-likeness (QED) is 0.0839. The van der Waals surface area contributed by atoms with Crippen molar-refractivity contribution in [2.24, 2.45) is 0 Å². The molecule has 0 bridgehead atoms. The number of ether oxygens (including phenoxy) is 6. The van der Waals surface area contributed by atoms with Crippen LogP contribution < -0.4 is 25.4 Å². The zero-order valence-corrected chi connectivity index (χ0v) is 31.0. The average molecular weight is 724 g/mol. The van der Waals surface area contributed by atoms with E-state index in [1.807, 2.05) is 6.07 Å². The molecule has 0 aliphatic heterocycles. The van der Waals surface area contributed by atoms with Gasteiger partial charge < -0.3 is 39.3 Å². The first kappa shape index (κ1) is 40.4. The molecule has 278 valence electrons. The van der Waals surface area contributed by atoms with Crippen molar-refractivity contribution in [3.05, 3.63) is 30.3 Å². The number of anilines is 1. The van der Waals surface area contributed by atoms with Crippen molar-refractivity contribution in [1.29, 1.82) is 0 Å². The Kier molecular flexibility index (Phi) is 14.0. The van der Waals surface area contributed by atoms with Crippen LogP contribution in [0.5, 0.6) is 17.8 Å². The van der Waals surface area contributed by atoms with Crippen LogP contribution in [0, 0.1) is 0 Å². The largest absolute Gasteiger partial charge is 0.491 e. The van der Waals surface area contributed by atoms with Gasteiger partial charge in [-0.2, -0.15) is 15.0 Å². The first-order valence-corrected chi connectivity index (χ1v) is 17.9. The Balaban J connectivity index is 1.94. The predicted octanol–water partition coefficient (Wildman–Crippen LogP) is 3.39. The lowest BCUT2D eigenvalue weighted by atomic mass is 10.2. The molecule has 3 rings (SSSR count). The Bertz CT molecular complexity index is 1590. The van der Waals surface area contributed by atoms with E-state index < -0.39 is 61.1 Å². The highest BCUT2D eigenvalue weighted by atomic mass is 31.2. The van der Waals surface area contributed by atoms with Gasteiger partial charge in [-0.05, 0) is 67.5 Å². The van der Waals surface area contributed by atoms with Gasteiger partial charge >= 0.3 is 17.9 Å². The van der Waals surface area contributed by atoms with E-state index in [1.54, 1.807) is 65.8 Å². The fourth-order valence-electron chi connectivity index (χ4n) is 4.34. The molecule has 0 spiro atoms. The fraction of sp³-hybridized carbons (Fsp3) is 0.594. The van der Waals surface area contributed by atoms with E-state index in [0.717, 1.165) is 0 Å². The number of rotatable bonds is 18. The number of benzene rings is 1. The van der Waals surface area contributed by atoms with Crippen LogP contribution in [0.15, 0.2) is 30.3 Å². The van der Waals surface area contributed by atoms with Crippen molar-refractivity contribution < 1.29 is 47.7 Å². The number of methoxy groups -OCH3 is 1. The zero-order valence-electron chi connectivity index (χ0n) is 30.1. The Morgan fingerprint density at radius 3 is 2.04 bits per heavy atom. The number of hydrogen-bond donors (Lipinski definition) is 4. The van der Waals surface area contributed by atoms with Gasteiger partial charge in [-0.1, -0.05) is 18.2 Å². The van der Waals surface area contributed by atoms with Crippen molar-refractivity contribution in [3.8, 4) is 17.8 Å². The normalized spacial score (nSPS) is 15.1. The number of aromatic hydroxyl groups is 1. The topological polar surface area (TPSA) is 220 Å². The number of aromatic nitrogens is 4. The highest BCUT2D eigenvalue weighted by molar-refractivity contribution is 7.59. The summed E-state index contributed by atoms with van der Waals surface area (Å²) in [7, 11) is -2.42. The second-order valence-electron chi connectivity index (χ2n) is 13.5. The number of carbonyl (C=O) groups excluding carboxylic acids is 2. The lowest BCUT2D eigenvalue weighted by molar-refractivity contribution is -0.157. The first-order valence-electron chi connectivity index (χ1n) is 16.0. The lowest BCUT2D eigenvalue weighted by Gasteiger charge is -2.30. The van der Waals surface area contributed by atoms with E-state index in [2.05, 4.69) is 25.1 Å². The molecule has 0 aliphatic carbocycles. The van der Waals surface area contributed by atoms with Crippen LogP contribution in [0.4, 0.5) is 5.82 Å². The average Bonchev–Trinajstić information content (AvgIpc) is 3.32. The van der Waals surface area contributed by atoms with Gasteiger partial charge in [0.15, 0.2) is 17.0 Å². The van der Waals surface area contributed by atoms with E-state index in [-0.39, 0.29) is 49.4 Å². The Labute approximate surface area is 292 Å². The van der Waals surface area contributed by atoms with Gasteiger partial charge in [0, 0.05) is 7.11 Å². The number of nitrogens with one attached hydrogen (secondary N) is 2. The summed E-state index contributed by atoms with van der Waals surface area (Å²) in [5, 5.41) is 16.5. The van der Waals surface area contributed by atoms with Gasteiger partial charge in [-0.3, -0.25) is 18.7 Å². The van der Waals surface area contributed by atoms with Gasteiger partial charge in [0.25, 0.3) is 6.01 Å². The molecule has 1 aromatic carbocycles. The minimum atomic E-state index is -3.95. The number of fused-ring (bicyclic) bond motifs is 1. The fourth-order valence-corrected chi connectivity index (χ4v) is 6.44. The van der Waals surface area contributed by atoms with Gasteiger partial charge in [-0.15, -0.1) is 0 Å². The molecule has 0 fully saturated rings. The first-order chi connectivity index (χ1) is 23.3. The summed E-state index contributed by atoms with van der Waals surface area (Å²) in [4.78, 5) is 38.4. The molecule has 0 saturated carbocycles. The van der Waals surface area contributed by atoms with E-state index in [1.165, 1.54) is 25.5 Å². The second kappa shape index (κ2) is 17.3. The smallest absolute Gasteiger partial charge is 0.323 e. The summed E-state index contributed by atoms with van der Waals surface area (Å²) in [5.74, 6) is -0.828. The Morgan fingerprint density at radius 2 is 1.50 bits per heavy atom. The molecule has 17 nitrogen and oxygen atoms in total. The Morgan fingerprint density at radius 1 is 0.920 bits per heavy atom. The van der Waals surface area contributed by atoms with Crippen LogP contribution in [0.3, 0.4) is 0 Å². The van der Waals surface area contributed by atoms with E-state index in [9.17, 15) is 19.3 Å². The van der Waals surface area contributed by atoms with Crippen LogP contribution in [0.1, 0.15) is 55.4 Å². The molecule has 50 heavy (non-hydrogen) atoms. The molecular formula is C32H50N7O10P. The summed E-state index contributed by atoms with van der Waals surface area (Å²) < 4.78 is 49.5. The standard InChI is InChI=1S/C32H50N7O10P/c1-20(27(40)48-31(3,4)5)37-50(43,38-21(2)28(41)49-32(6,7)8)19-47-23(18-46-22-13-11-10-12-14-22)17-39-26-24(34-30(39)42)25(33)35-29(36-26)45-16-15-44-9/h10-14,20-21,23H,15-19H2,1-9H3,(H,34,42)(H2,33,35,36)(H2,37,38,43). The van der Waals surface area contributed by atoms with Crippen LogP contribution in [-0.4, -0.2) is 99.2 Å². The van der Waals surface area contributed by atoms with Crippen LogP contribution >= 0.6 is 7.44 Å². The van der Waals surface area contributed by atoms with Gasteiger partial charge in [0.2, 0.25) is 7.44 Å². The summed E-state index contributed by atoms with van der Waals surface area (Å²) in [6.07, 6.45) is -1.45. The molecule has 5 N–H and O–H groups in total. The summed E-state index contributed by atoms with van der Waals surface area (Å²) in [6.45, 7) is 13.5. The zero-order chi connectivity index (χ0) is 37.3. The molecule has 3 atom stereocenters. The highest BCUT2D eigenvalue weighted by Gasteiger charge is 2.35. The summed E-state index contributed by atoms with van der Waals surface area (Å²) >= 11 is 0. The minimum absolute atomic E-state index is 0.0281. The molecule has 18 heteroatoms. The lowest BCUT2D eigenvalue weighted by Crippen LogP contribution is -2.45. The third-order valence-electron chi connectivity index (χ3n) is 6.48. The maximum absolute atomic E-state index is 14.5. The number of imidazole rings is 1. The third-order valence-corrected chi connectivity index (χ3v) is 8.60. The molecule has 3 aromatic rings. The molecule has 0 radical (unpaired) electrons. The predicted molar refractivity (Wildman–Crippen MR) is 185 cm³/mol. The molecule has 3 unspecified atom stereocenters. The number of nitrogens with two attached hydrogens (primary N) is 1. The molecule has 2 heterocycles. The van der Waals surface area contributed by atoms with Crippen molar-refractivity contribution >= 4 is 36.4 Å². The third kappa shape index (κ3) is 12.7. The van der Waals surface area contributed by atoms with Crippen molar-refractivity contribution in [1.82, 2.24) is 29.7 Å². The minimum Gasteiger partial charge on any atom is -0.491 e. The highest BCUT2D eigenvalue weighted by Crippen LogP contribution is 2.39. The van der Waals surface area contributed by atoms with Crippen molar-refractivity contribution in [3.63, 3.8) is 0 Å². The SMILES string of the molecule is COCCOc1nc(N)c2nc(O)n(CC(COc3ccccc3)OCP(=O)(NC(C)C(=O)OC(C)(C)C)NC(C)C(=O)OC(C)(C)C)c2n1. The monoisotopic (exact) mass is 723 g/mol. The Hall–Kier alpha value is -4.02. The van der Waals surface area contributed by atoms with Gasteiger partial charge in [0.1, 0.15) is 54.7 Å². The molecular weight excluding hydrogens is 673 g/mol. The summed E-state index contributed by atoms with van der Waals surface area (Å²) in [6, 6.07) is 6.27. The number of hydrogen-bond acceptors (Lipinski definition) is 14. The molecule has 0 saturated heterocycles. The van der Waals surface area contributed by atoms with Crippen LogP contribution in [0.25, 0.3) is 11.2 Å². The number of esters is 2. The van der Waals surface area contributed by atoms with Gasteiger partial charge in [-0.25, -0.2) is 10.2 Å². The van der Waals surface area contributed by atoms with E-state index in [0.29, 0.717) is 5.75 Å². The second-order valence-corrected chi connectivity index (χ2v) is 15.7. The van der Waals surface area contributed by atoms with Crippen LogP contribution in [-0.2, 0) is 39.6 Å². The molecule has 0 aliphatic rings. The van der Waals surface area contributed by atoms with Gasteiger partial charge in [0.05, 0.1) is 13.2 Å². The molecule has 2 aromatic heterocycles. The molecule has 0 amide bonds. The number of nitrogen functional groups attached to an aromatic ring is 1. The van der Waals surface area contributed by atoms with E-state index >= 15 is 0 Å². The number of carbonyl (C=O) groups is 2. The summed E-state index contributed by atoms with van der Waals surface area (Å²) in [5.41, 5.74) is 4.77. The van der Waals surface area contributed by atoms with Crippen molar-refractivity contribution in [2.75, 3.05) is 39.0 Å². The number of nitrogens with zero attached hydrogens (tertiary/aromatic N) is 4. The van der Waals surface area contributed by atoms with E-state index in [4.69, 9.17) is 34.2 Å². The number of para-hydroxylation sites is 1. The van der Waals surface area contributed by atoms with Crippen molar-refractivity contribution in [2.45, 2.75) is 91.3 Å². The maximum Gasteiger partial charge on any atom is 0.323 e. The maximum atomic E-state index is 14.5. The van der Waals surface area contributed by atoms with Crippen LogP contribution in [0.2, 0.25) is 0 Å².